The van der Waals surface area contributed by atoms with Crippen molar-refractivity contribution < 1.29 is 25.2 Å². The fraction of sp³-hybridized carbons (Fsp3) is 1.00. The molecule has 5 heteroatoms. The average molecular weight is 178 g/mol. The van der Waals surface area contributed by atoms with Crippen LogP contribution in [0.5, 0.6) is 0 Å². The van der Waals surface area contributed by atoms with E-state index >= 15 is 0 Å². The van der Waals surface area contributed by atoms with Gasteiger partial charge in [-0.15, -0.1) is 0 Å². The van der Waals surface area contributed by atoms with E-state index in [9.17, 15) is 10.2 Å². The van der Waals surface area contributed by atoms with E-state index in [1.54, 1.807) is 6.92 Å². The molecule has 12 heavy (non-hydrogen) atoms. The molecule has 1 rings (SSSR count). The summed E-state index contributed by atoms with van der Waals surface area (Å²) < 4.78 is 4.83. The number of aliphatic hydroxyl groups excluding tert-OH is 4. The molecule has 0 bridgehead atoms. The number of hydrogen-bond donors (Lipinski definition) is 4. The lowest BCUT2D eigenvalue weighted by molar-refractivity contribution is -0.266. The first kappa shape index (κ1) is 9.88. The number of rotatable bonds is 1. The van der Waals surface area contributed by atoms with E-state index in [0.29, 0.717) is 0 Å². The van der Waals surface area contributed by atoms with Gasteiger partial charge < -0.3 is 25.2 Å². The van der Waals surface area contributed by atoms with Crippen molar-refractivity contribution in [1.82, 2.24) is 0 Å². The molecule has 0 aromatic heterocycles. The van der Waals surface area contributed by atoms with Crippen molar-refractivity contribution in [2.45, 2.75) is 31.5 Å². The summed E-state index contributed by atoms with van der Waals surface area (Å²) in [6, 6.07) is 0. The SMILES string of the molecule is CC1C(O)OC(CO)[C@H](O)[C@@H]1O. The van der Waals surface area contributed by atoms with Gasteiger partial charge in [0.25, 0.3) is 0 Å². The predicted octanol–water partition coefficient (Wildman–Crippen LogP) is -1.95. The molecule has 1 saturated heterocycles. The van der Waals surface area contributed by atoms with Crippen LogP contribution >= 0.6 is 0 Å². The third-order valence-electron chi connectivity index (χ3n) is 2.21. The van der Waals surface area contributed by atoms with Gasteiger partial charge in [-0.1, -0.05) is 6.92 Å². The molecule has 3 unspecified atom stereocenters. The van der Waals surface area contributed by atoms with Crippen LogP contribution in [0.3, 0.4) is 0 Å². The molecule has 0 spiro atoms. The monoisotopic (exact) mass is 178 g/mol. The molecule has 0 aromatic rings. The first-order valence-electron chi connectivity index (χ1n) is 3.88. The van der Waals surface area contributed by atoms with Crippen LogP contribution in [-0.4, -0.2) is 51.6 Å². The first-order chi connectivity index (χ1) is 5.57. The highest BCUT2D eigenvalue weighted by atomic mass is 16.6. The van der Waals surface area contributed by atoms with Crippen LogP contribution in [0.4, 0.5) is 0 Å². The van der Waals surface area contributed by atoms with Crippen molar-refractivity contribution >= 4 is 0 Å². The largest absolute Gasteiger partial charge is 0.394 e. The van der Waals surface area contributed by atoms with Crippen molar-refractivity contribution in [2.75, 3.05) is 6.61 Å². The molecule has 0 radical (unpaired) electrons. The van der Waals surface area contributed by atoms with Crippen molar-refractivity contribution in [3.8, 4) is 0 Å². The van der Waals surface area contributed by atoms with Gasteiger partial charge in [0, 0.05) is 5.92 Å². The summed E-state index contributed by atoms with van der Waals surface area (Å²) >= 11 is 0. The van der Waals surface area contributed by atoms with Gasteiger partial charge in [-0.25, -0.2) is 0 Å². The minimum Gasteiger partial charge on any atom is -0.394 e. The second-order valence-corrected chi connectivity index (χ2v) is 3.09. The molecule has 0 amide bonds. The van der Waals surface area contributed by atoms with Crippen molar-refractivity contribution in [1.29, 1.82) is 0 Å². The van der Waals surface area contributed by atoms with Crippen LogP contribution in [0.15, 0.2) is 0 Å². The molecule has 1 fully saturated rings. The summed E-state index contributed by atoms with van der Waals surface area (Å²) in [7, 11) is 0. The summed E-state index contributed by atoms with van der Waals surface area (Å²) in [5, 5.41) is 36.4. The molecule has 5 atom stereocenters. The Hall–Kier alpha value is -0.200. The number of aliphatic hydroxyl groups is 4. The number of hydrogen-bond acceptors (Lipinski definition) is 5. The maximum absolute atomic E-state index is 9.32. The molecular formula is C7H14O5. The molecule has 4 N–H and O–H groups in total. The topological polar surface area (TPSA) is 90.2 Å². The lowest BCUT2D eigenvalue weighted by atomic mass is 9.93. The molecular weight excluding hydrogens is 164 g/mol. The maximum atomic E-state index is 9.32. The standard InChI is InChI=1S/C7H14O5/c1-3-5(9)6(10)4(2-8)12-7(3)11/h3-11H,2H2,1H3/t3?,4?,5-,6+,7?/m1/s1. The Morgan fingerprint density at radius 3 is 2.25 bits per heavy atom. The predicted molar refractivity (Wildman–Crippen MR) is 39.1 cm³/mol. The Balaban J connectivity index is 2.63. The summed E-state index contributed by atoms with van der Waals surface area (Å²) in [5.74, 6) is -0.539. The minimum atomic E-state index is -1.13. The van der Waals surface area contributed by atoms with Gasteiger partial charge in [0.05, 0.1) is 12.7 Å². The van der Waals surface area contributed by atoms with Crippen LogP contribution in [-0.2, 0) is 4.74 Å². The molecule has 0 aliphatic carbocycles. The highest BCUT2D eigenvalue weighted by molar-refractivity contribution is 4.86. The lowest BCUT2D eigenvalue weighted by Gasteiger charge is -2.38. The van der Waals surface area contributed by atoms with E-state index in [2.05, 4.69) is 0 Å². The van der Waals surface area contributed by atoms with Crippen LogP contribution in [0.2, 0.25) is 0 Å². The van der Waals surface area contributed by atoms with Gasteiger partial charge in [0.2, 0.25) is 0 Å². The van der Waals surface area contributed by atoms with Gasteiger partial charge in [0.15, 0.2) is 6.29 Å². The third-order valence-corrected chi connectivity index (χ3v) is 2.21. The highest BCUT2D eigenvalue weighted by Gasteiger charge is 2.40. The first-order valence-corrected chi connectivity index (χ1v) is 3.88. The van der Waals surface area contributed by atoms with Crippen molar-refractivity contribution in [2.24, 2.45) is 5.92 Å². The average Bonchev–Trinajstić information content (AvgIpc) is 2.08. The van der Waals surface area contributed by atoms with Crippen LogP contribution in [0.1, 0.15) is 6.92 Å². The van der Waals surface area contributed by atoms with Crippen LogP contribution in [0, 0.1) is 5.92 Å². The second kappa shape index (κ2) is 3.68. The van der Waals surface area contributed by atoms with Gasteiger partial charge >= 0.3 is 0 Å². The summed E-state index contributed by atoms with van der Waals surface area (Å²) in [4.78, 5) is 0. The molecule has 1 heterocycles. The van der Waals surface area contributed by atoms with Crippen LogP contribution < -0.4 is 0 Å². The third kappa shape index (κ3) is 1.60. The zero-order chi connectivity index (χ0) is 9.30. The Labute approximate surface area is 70.2 Å². The lowest BCUT2D eigenvalue weighted by Crippen LogP contribution is -2.54. The zero-order valence-electron chi connectivity index (χ0n) is 6.79. The molecule has 0 aromatic carbocycles. The number of ether oxygens (including phenoxy) is 1. The van der Waals surface area contributed by atoms with E-state index in [1.807, 2.05) is 0 Å². The Bertz CT molecular complexity index is 146. The van der Waals surface area contributed by atoms with Crippen LogP contribution in [0.25, 0.3) is 0 Å². The van der Waals surface area contributed by atoms with Gasteiger partial charge in [-0.3, -0.25) is 0 Å². The van der Waals surface area contributed by atoms with E-state index in [-0.39, 0.29) is 0 Å². The van der Waals surface area contributed by atoms with E-state index in [0.717, 1.165) is 0 Å². The Kier molecular flexibility index (Phi) is 3.03. The van der Waals surface area contributed by atoms with Gasteiger partial charge in [-0.2, -0.15) is 0 Å². The Morgan fingerprint density at radius 2 is 1.75 bits per heavy atom. The van der Waals surface area contributed by atoms with E-state index in [1.165, 1.54) is 0 Å². The van der Waals surface area contributed by atoms with Gasteiger partial charge in [-0.05, 0) is 0 Å². The quantitative estimate of drug-likeness (QED) is 0.375. The fourth-order valence-corrected chi connectivity index (χ4v) is 1.23. The van der Waals surface area contributed by atoms with Gasteiger partial charge in [0.1, 0.15) is 12.2 Å². The fourth-order valence-electron chi connectivity index (χ4n) is 1.23. The molecule has 1 aliphatic heterocycles. The highest BCUT2D eigenvalue weighted by Crippen LogP contribution is 2.23. The molecule has 0 saturated carbocycles. The zero-order valence-corrected chi connectivity index (χ0v) is 6.79. The minimum absolute atomic E-state index is 0.415. The molecule has 1 aliphatic rings. The molecule has 5 nitrogen and oxygen atoms in total. The van der Waals surface area contributed by atoms with E-state index < -0.39 is 37.1 Å². The summed E-state index contributed by atoms with van der Waals surface area (Å²) in [6.07, 6.45) is -4.20. The second-order valence-electron chi connectivity index (χ2n) is 3.09. The summed E-state index contributed by atoms with van der Waals surface area (Å²) in [6.45, 7) is 1.15. The van der Waals surface area contributed by atoms with Crippen molar-refractivity contribution in [3.63, 3.8) is 0 Å². The van der Waals surface area contributed by atoms with E-state index in [4.69, 9.17) is 14.9 Å². The van der Waals surface area contributed by atoms with Crippen molar-refractivity contribution in [3.05, 3.63) is 0 Å². The smallest absolute Gasteiger partial charge is 0.160 e. The normalized spacial score (nSPS) is 49.2. The Morgan fingerprint density at radius 1 is 1.17 bits per heavy atom. The maximum Gasteiger partial charge on any atom is 0.160 e. The summed E-state index contributed by atoms with van der Waals surface area (Å²) in [5.41, 5.74) is 0. The molecule has 72 valence electrons.